The van der Waals surface area contributed by atoms with Crippen molar-refractivity contribution in [3.8, 4) is 0 Å². The van der Waals surface area contributed by atoms with Gasteiger partial charge in [-0.3, -0.25) is 0 Å². The first kappa shape index (κ1) is 15.2. The normalized spacial score (nSPS) is 11.3. The molecule has 0 aromatic carbocycles. The van der Waals surface area contributed by atoms with E-state index in [4.69, 9.17) is 5.73 Å². The van der Waals surface area contributed by atoms with Crippen molar-refractivity contribution in [1.82, 2.24) is 9.88 Å². The average Bonchev–Trinajstić information content (AvgIpc) is 2.24. The molecule has 1 heterocycles. The van der Waals surface area contributed by atoms with E-state index < -0.39 is 0 Å². The number of rotatable bonds is 6. The number of nitrogen functional groups attached to an aromatic ring is 1. The monoisotopic (exact) mass is 314 g/mol. The third-order valence-corrected chi connectivity index (χ3v) is 3.00. The summed E-state index contributed by atoms with van der Waals surface area (Å²) in [4.78, 5) is 8.87. The number of aromatic nitrogens is 1. The van der Waals surface area contributed by atoms with Crippen LogP contribution in [0, 0.1) is 5.92 Å². The smallest absolute Gasteiger partial charge is 0.151 e. The van der Waals surface area contributed by atoms with Crippen molar-refractivity contribution in [3.63, 3.8) is 0 Å². The van der Waals surface area contributed by atoms with Crippen molar-refractivity contribution in [1.29, 1.82) is 0 Å². The van der Waals surface area contributed by atoms with Gasteiger partial charge in [0.05, 0.1) is 5.69 Å². The molecule has 1 aromatic rings. The molecule has 0 bridgehead atoms. The van der Waals surface area contributed by atoms with Crippen LogP contribution in [0.5, 0.6) is 0 Å². The minimum absolute atomic E-state index is 0.581. The average molecular weight is 315 g/mol. The quantitative estimate of drug-likeness (QED) is 0.876. The van der Waals surface area contributed by atoms with Crippen LogP contribution in [0.15, 0.2) is 16.7 Å². The van der Waals surface area contributed by atoms with Gasteiger partial charge in [0.25, 0.3) is 0 Å². The number of likely N-dealkylation sites (N-methyl/N-ethyl adjacent to an activating group) is 1. The Bertz CT molecular complexity index is 379. The second-order valence-corrected chi connectivity index (χ2v) is 6.13. The number of nitrogens with zero attached hydrogens (tertiary/aromatic N) is 3. The van der Waals surface area contributed by atoms with Gasteiger partial charge in [0.1, 0.15) is 0 Å². The molecule has 0 aliphatic rings. The predicted molar refractivity (Wildman–Crippen MR) is 82.0 cm³/mol. The summed E-state index contributed by atoms with van der Waals surface area (Å²) in [7, 11) is 4.15. The first-order chi connectivity index (χ1) is 8.40. The Kier molecular flexibility index (Phi) is 5.88. The topological polar surface area (TPSA) is 45.4 Å². The Morgan fingerprint density at radius 3 is 2.50 bits per heavy atom. The minimum atomic E-state index is 0.581. The highest BCUT2D eigenvalue weighted by Crippen LogP contribution is 2.24. The van der Waals surface area contributed by atoms with Crippen molar-refractivity contribution in [2.45, 2.75) is 13.8 Å². The van der Waals surface area contributed by atoms with E-state index in [-0.39, 0.29) is 0 Å². The number of hydrogen-bond donors (Lipinski definition) is 1. The summed E-state index contributed by atoms with van der Waals surface area (Å²) in [6, 6.07) is 1.91. The molecule has 5 heteroatoms. The molecule has 18 heavy (non-hydrogen) atoms. The van der Waals surface area contributed by atoms with Crippen molar-refractivity contribution in [2.24, 2.45) is 5.92 Å². The molecule has 0 saturated heterocycles. The molecular weight excluding hydrogens is 292 g/mol. The van der Waals surface area contributed by atoms with Gasteiger partial charge in [-0.1, -0.05) is 13.8 Å². The van der Waals surface area contributed by atoms with Crippen molar-refractivity contribution < 1.29 is 0 Å². The van der Waals surface area contributed by atoms with Gasteiger partial charge in [0.15, 0.2) is 5.82 Å². The molecule has 2 N–H and O–H groups in total. The maximum absolute atomic E-state index is 6.06. The molecule has 0 unspecified atom stereocenters. The molecule has 0 amide bonds. The number of hydrogen-bond acceptors (Lipinski definition) is 4. The molecule has 0 aliphatic heterocycles. The van der Waals surface area contributed by atoms with Gasteiger partial charge in [-0.15, -0.1) is 0 Å². The van der Waals surface area contributed by atoms with E-state index in [1.165, 1.54) is 0 Å². The van der Waals surface area contributed by atoms with Crippen LogP contribution in [0.25, 0.3) is 0 Å². The Morgan fingerprint density at radius 2 is 2.00 bits per heavy atom. The highest BCUT2D eigenvalue weighted by molar-refractivity contribution is 9.10. The van der Waals surface area contributed by atoms with Crippen LogP contribution in [0.3, 0.4) is 0 Å². The van der Waals surface area contributed by atoms with Gasteiger partial charge in [0, 0.05) is 30.3 Å². The summed E-state index contributed by atoms with van der Waals surface area (Å²) >= 11 is 3.39. The van der Waals surface area contributed by atoms with Gasteiger partial charge in [-0.25, -0.2) is 4.98 Å². The van der Waals surface area contributed by atoms with Gasteiger partial charge in [-0.05, 0) is 42.0 Å². The van der Waals surface area contributed by atoms with Crippen LogP contribution in [-0.2, 0) is 0 Å². The summed E-state index contributed by atoms with van der Waals surface area (Å²) < 4.78 is 0.917. The minimum Gasteiger partial charge on any atom is -0.396 e. The van der Waals surface area contributed by atoms with Crippen molar-refractivity contribution >= 4 is 27.4 Å². The molecule has 0 radical (unpaired) electrons. The lowest BCUT2D eigenvalue weighted by molar-refractivity contribution is 0.408. The lowest BCUT2D eigenvalue weighted by atomic mass is 10.2. The largest absolute Gasteiger partial charge is 0.396 e. The standard InChI is InChI=1S/C13H23BrN4/c1-10(2)9-18(6-5-17(3)4)13-12(15)7-11(14)8-16-13/h7-8,10H,5-6,9,15H2,1-4H3. The van der Waals surface area contributed by atoms with Crippen molar-refractivity contribution in [3.05, 3.63) is 16.7 Å². The predicted octanol–water partition coefficient (Wildman–Crippen LogP) is 2.45. The SMILES string of the molecule is CC(C)CN(CCN(C)C)c1ncc(Br)cc1N. The fourth-order valence-electron chi connectivity index (χ4n) is 1.76. The molecule has 4 nitrogen and oxygen atoms in total. The maximum atomic E-state index is 6.06. The molecule has 0 aliphatic carbocycles. The fraction of sp³-hybridized carbons (Fsp3) is 0.615. The lowest BCUT2D eigenvalue weighted by Crippen LogP contribution is -2.35. The van der Waals surface area contributed by atoms with E-state index in [2.05, 4.69) is 58.7 Å². The summed E-state index contributed by atoms with van der Waals surface area (Å²) in [6.45, 7) is 7.30. The first-order valence-electron chi connectivity index (χ1n) is 6.21. The van der Waals surface area contributed by atoms with Gasteiger partial charge in [-0.2, -0.15) is 0 Å². The van der Waals surface area contributed by atoms with Gasteiger partial charge < -0.3 is 15.5 Å². The maximum Gasteiger partial charge on any atom is 0.151 e. The van der Waals surface area contributed by atoms with Crippen molar-refractivity contribution in [2.75, 3.05) is 44.4 Å². The molecule has 0 atom stereocenters. The van der Waals surface area contributed by atoms with Crippen LogP contribution in [0.2, 0.25) is 0 Å². The molecular formula is C13H23BrN4. The fourth-order valence-corrected chi connectivity index (χ4v) is 2.11. The second-order valence-electron chi connectivity index (χ2n) is 5.21. The highest BCUT2D eigenvalue weighted by atomic mass is 79.9. The zero-order chi connectivity index (χ0) is 13.7. The van der Waals surface area contributed by atoms with Gasteiger partial charge >= 0.3 is 0 Å². The van der Waals surface area contributed by atoms with Crippen LogP contribution < -0.4 is 10.6 Å². The first-order valence-corrected chi connectivity index (χ1v) is 7.00. The van der Waals surface area contributed by atoms with Crippen LogP contribution in [-0.4, -0.2) is 43.6 Å². The van der Waals surface area contributed by atoms with Crippen LogP contribution >= 0.6 is 15.9 Å². The third-order valence-electron chi connectivity index (χ3n) is 2.56. The summed E-state index contributed by atoms with van der Waals surface area (Å²) in [5.41, 5.74) is 6.78. The zero-order valence-corrected chi connectivity index (χ0v) is 13.2. The Labute approximate surface area is 118 Å². The molecule has 0 fully saturated rings. The van der Waals surface area contributed by atoms with E-state index in [9.17, 15) is 0 Å². The summed E-state index contributed by atoms with van der Waals surface area (Å²) in [6.07, 6.45) is 1.80. The van der Waals surface area contributed by atoms with E-state index in [0.717, 1.165) is 35.6 Å². The molecule has 0 saturated carbocycles. The van der Waals surface area contributed by atoms with Crippen LogP contribution in [0.4, 0.5) is 11.5 Å². The number of anilines is 2. The lowest BCUT2D eigenvalue weighted by Gasteiger charge is -2.28. The van der Waals surface area contributed by atoms with Gasteiger partial charge in [0.2, 0.25) is 0 Å². The molecule has 1 rings (SSSR count). The summed E-state index contributed by atoms with van der Waals surface area (Å²) in [5, 5.41) is 0. The van der Waals surface area contributed by atoms with Crippen LogP contribution in [0.1, 0.15) is 13.8 Å². The zero-order valence-electron chi connectivity index (χ0n) is 11.7. The third kappa shape index (κ3) is 4.82. The molecule has 1 aromatic heterocycles. The number of halogens is 1. The molecule has 102 valence electrons. The Morgan fingerprint density at radius 1 is 1.33 bits per heavy atom. The van der Waals surface area contributed by atoms with E-state index in [1.807, 2.05) is 6.07 Å². The number of pyridine rings is 1. The second kappa shape index (κ2) is 6.95. The highest BCUT2D eigenvalue weighted by Gasteiger charge is 2.13. The van der Waals surface area contributed by atoms with E-state index >= 15 is 0 Å². The van der Waals surface area contributed by atoms with E-state index in [0.29, 0.717) is 5.92 Å². The van der Waals surface area contributed by atoms with E-state index in [1.54, 1.807) is 6.20 Å². The number of nitrogens with two attached hydrogens (primary N) is 1. The Hall–Kier alpha value is -0.810. The molecule has 0 spiro atoms. The Balaban J connectivity index is 2.86. The summed E-state index contributed by atoms with van der Waals surface area (Å²) in [5.74, 6) is 1.46.